The molecule has 1 atom stereocenters. The summed E-state index contributed by atoms with van der Waals surface area (Å²) in [4.78, 5) is 28.2. The molecule has 4 N–H and O–H groups in total. The predicted octanol–water partition coefficient (Wildman–Crippen LogP) is 3.39. The fourth-order valence-electron chi connectivity index (χ4n) is 3.73. The molecule has 2 aromatic heterocycles. The number of ether oxygens (including phenoxy) is 1. The van der Waals surface area contributed by atoms with Crippen LogP contribution in [0.25, 0.3) is 22.6 Å². The van der Waals surface area contributed by atoms with Crippen molar-refractivity contribution in [2.24, 2.45) is 0 Å². The van der Waals surface area contributed by atoms with E-state index in [9.17, 15) is 13.2 Å². The van der Waals surface area contributed by atoms with Crippen LogP contribution in [0.5, 0.6) is 0 Å². The van der Waals surface area contributed by atoms with Gasteiger partial charge in [0.25, 0.3) is 0 Å². The fraction of sp³-hybridized carbons (Fsp3) is 0.391. The maximum Gasteiger partial charge on any atom is 0.407 e. The monoisotopic (exact) mass is 517 g/mol. The van der Waals surface area contributed by atoms with Crippen LogP contribution in [0.4, 0.5) is 20.8 Å². The Kier molecular flexibility index (Phi) is 7.11. The molecule has 1 aliphatic carbocycles. The average molecular weight is 518 g/mol. The number of nitrogens with one attached hydrogen (secondary N) is 4. The fourth-order valence-corrected chi connectivity index (χ4v) is 4.35. The van der Waals surface area contributed by atoms with Crippen LogP contribution in [0.1, 0.15) is 37.1 Å². The second-order valence-electron chi connectivity index (χ2n) is 8.77. The number of hydrogen-bond acceptors (Lipinski definition) is 8. The molecule has 1 fully saturated rings. The first-order valence-electron chi connectivity index (χ1n) is 11.3. The largest absolute Gasteiger partial charge is 0.453 e. The van der Waals surface area contributed by atoms with Crippen molar-refractivity contribution in [2.75, 3.05) is 29.9 Å². The van der Waals surface area contributed by atoms with E-state index in [0.29, 0.717) is 35.1 Å². The zero-order valence-electron chi connectivity index (χ0n) is 20.3. The van der Waals surface area contributed by atoms with Gasteiger partial charge in [0.05, 0.1) is 30.4 Å². The molecule has 0 aliphatic heterocycles. The number of methoxy groups -OCH3 is 1. The van der Waals surface area contributed by atoms with Gasteiger partial charge in [-0.25, -0.2) is 32.6 Å². The molecule has 0 spiro atoms. The number of nitrogens with zero attached hydrogens (tertiary/aromatic N) is 3. The molecule has 11 nitrogen and oxygen atoms in total. The average Bonchev–Trinajstić information content (AvgIpc) is 3.58. The van der Waals surface area contributed by atoms with Crippen LogP contribution in [0.3, 0.4) is 0 Å². The second kappa shape index (κ2) is 10.1. The van der Waals surface area contributed by atoms with Crippen LogP contribution in [0.15, 0.2) is 24.4 Å². The molecule has 2 heterocycles. The number of halogens is 1. The van der Waals surface area contributed by atoms with Gasteiger partial charge in [0, 0.05) is 30.3 Å². The minimum atomic E-state index is -3.56. The van der Waals surface area contributed by atoms with Gasteiger partial charge in [0.1, 0.15) is 17.3 Å². The van der Waals surface area contributed by atoms with Gasteiger partial charge in [0.15, 0.2) is 0 Å². The molecule has 0 radical (unpaired) electrons. The number of amides is 1. The Labute approximate surface area is 208 Å². The Morgan fingerprint density at radius 1 is 1.28 bits per heavy atom. The molecule has 1 aromatic carbocycles. The highest BCUT2D eigenvalue weighted by Gasteiger charge is 2.30. The van der Waals surface area contributed by atoms with E-state index in [0.717, 1.165) is 24.9 Å². The van der Waals surface area contributed by atoms with Crippen LogP contribution in [0, 0.1) is 12.7 Å². The van der Waals surface area contributed by atoms with Crippen molar-refractivity contribution < 1.29 is 22.3 Å². The van der Waals surface area contributed by atoms with Crippen molar-refractivity contribution in [1.29, 1.82) is 0 Å². The topological polar surface area (TPSA) is 151 Å². The van der Waals surface area contributed by atoms with E-state index < -0.39 is 21.9 Å². The van der Waals surface area contributed by atoms with Crippen molar-refractivity contribution >= 4 is 27.8 Å². The zero-order valence-corrected chi connectivity index (χ0v) is 21.2. The van der Waals surface area contributed by atoms with Gasteiger partial charge in [-0.3, -0.25) is 4.72 Å². The van der Waals surface area contributed by atoms with Gasteiger partial charge < -0.3 is 20.4 Å². The lowest BCUT2D eigenvalue weighted by molar-refractivity contribution is 0.168. The van der Waals surface area contributed by atoms with Gasteiger partial charge in [-0.2, -0.15) is 0 Å². The molecule has 4 rings (SSSR count). The van der Waals surface area contributed by atoms with Gasteiger partial charge in [-0.15, -0.1) is 0 Å². The second-order valence-corrected chi connectivity index (χ2v) is 10.5. The minimum Gasteiger partial charge on any atom is -0.453 e. The molecule has 1 saturated carbocycles. The maximum absolute atomic E-state index is 15.2. The lowest BCUT2D eigenvalue weighted by Gasteiger charge is -2.14. The van der Waals surface area contributed by atoms with E-state index >= 15 is 4.39 Å². The molecule has 0 bridgehead atoms. The van der Waals surface area contributed by atoms with Gasteiger partial charge in [-0.1, -0.05) is 0 Å². The molecule has 3 aromatic rings. The number of alkyl carbamates (subject to hydrolysis) is 1. The van der Waals surface area contributed by atoms with Crippen molar-refractivity contribution in [1.82, 2.24) is 25.3 Å². The van der Waals surface area contributed by atoms with Crippen molar-refractivity contribution in [3.05, 3.63) is 41.6 Å². The van der Waals surface area contributed by atoms with Crippen molar-refractivity contribution in [3.63, 3.8) is 0 Å². The number of H-pyrrole nitrogens is 1. The number of sulfonamides is 1. The molecule has 1 amide bonds. The number of aromatic nitrogens is 4. The van der Waals surface area contributed by atoms with Gasteiger partial charge in [-0.05, 0) is 50.5 Å². The summed E-state index contributed by atoms with van der Waals surface area (Å²) >= 11 is 0. The van der Waals surface area contributed by atoms with Gasteiger partial charge in [0.2, 0.25) is 16.0 Å². The van der Waals surface area contributed by atoms with E-state index in [1.807, 2.05) is 0 Å². The number of hydrogen-bond donors (Lipinski definition) is 4. The van der Waals surface area contributed by atoms with E-state index in [1.54, 1.807) is 26.1 Å². The summed E-state index contributed by atoms with van der Waals surface area (Å²) in [5, 5.41) is 5.71. The van der Waals surface area contributed by atoms with Crippen LogP contribution in [0.2, 0.25) is 0 Å². The lowest BCUT2D eigenvalue weighted by atomic mass is 10.0. The SMILES string of the molecule is COC(=O)N[C@@H](C)CNc1nccc(-c2[nH]c(C3CC3)nc2-c2c(F)ccc(NS(C)(=O)=O)c2C)n1. The Hall–Kier alpha value is -3.74. The maximum atomic E-state index is 15.2. The third-order valence-corrected chi connectivity index (χ3v) is 6.25. The first-order chi connectivity index (χ1) is 17.1. The number of imidazole rings is 1. The third kappa shape index (κ3) is 5.90. The van der Waals surface area contributed by atoms with Crippen molar-refractivity contribution in [3.8, 4) is 22.6 Å². The smallest absolute Gasteiger partial charge is 0.407 e. The zero-order chi connectivity index (χ0) is 26.0. The highest BCUT2D eigenvalue weighted by molar-refractivity contribution is 7.92. The number of benzene rings is 1. The minimum absolute atomic E-state index is 0.186. The summed E-state index contributed by atoms with van der Waals surface area (Å²) in [5.41, 5.74) is 2.19. The number of aromatic amines is 1. The van der Waals surface area contributed by atoms with Crippen LogP contribution in [-0.2, 0) is 14.8 Å². The van der Waals surface area contributed by atoms with Crippen LogP contribution < -0.4 is 15.4 Å². The summed E-state index contributed by atoms with van der Waals surface area (Å²) in [6.07, 6.45) is 4.02. The highest BCUT2D eigenvalue weighted by atomic mass is 32.2. The lowest BCUT2D eigenvalue weighted by Crippen LogP contribution is -2.37. The summed E-state index contributed by atoms with van der Waals surface area (Å²) < 4.78 is 45.8. The molecule has 0 saturated heterocycles. The molecular formula is C23H28FN7O4S. The number of carbonyl (C=O) groups excluding carboxylic acids is 1. The molecule has 192 valence electrons. The summed E-state index contributed by atoms with van der Waals surface area (Å²) in [5.74, 6) is 0.758. The number of carbonyl (C=O) groups is 1. The Morgan fingerprint density at radius 3 is 2.69 bits per heavy atom. The molecule has 0 unspecified atom stereocenters. The molecule has 13 heteroatoms. The number of anilines is 2. The number of rotatable bonds is 9. The normalized spacial score (nSPS) is 14.2. The Balaban J connectivity index is 1.71. The van der Waals surface area contributed by atoms with Gasteiger partial charge >= 0.3 is 6.09 Å². The summed E-state index contributed by atoms with van der Waals surface area (Å²) in [6, 6.07) is 4.03. The van der Waals surface area contributed by atoms with Crippen LogP contribution >= 0.6 is 0 Å². The Morgan fingerprint density at radius 2 is 2.03 bits per heavy atom. The van der Waals surface area contributed by atoms with E-state index in [4.69, 9.17) is 4.98 Å². The predicted molar refractivity (Wildman–Crippen MR) is 134 cm³/mol. The quantitative estimate of drug-likeness (QED) is 0.337. The van der Waals surface area contributed by atoms with E-state index in [1.165, 1.54) is 19.2 Å². The standard InChI is InChI=1S/C23H28FN7O4S/c1-12(27-23(32)35-3)11-26-22-25-10-9-17(28-22)19-20(30-21(29-19)14-5-6-14)18-13(2)16(8-7-15(18)24)31-36(4,33)34/h7-10,12,14,31H,5-6,11H2,1-4H3,(H,27,32)(H,29,30)(H,25,26,28)/t12-/m0/s1. The first-order valence-corrected chi connectivity index (χ1v) is 13.2. The highest BCUT2D eigenvalue weighted by Crippen LogP contribution is 2.43. The molecule has 36 heavy (non-hydrogen) atoms. The summed E-state index contributed by atoms with van der Waals surface area (Å²) in [7, 11) is -2.27. The first kappa shape index (κ1) is 25.4. The van der Waals surface area contributed by atoms with Crippen LogP contribution in [-0.4, -0.2) is 60.4 Å². The van der Waals surface area contributed by atoms with E-state index in [-0.39, 0.29) is 23.2 Å². The van der Waals surface area contributed by atoms with Crippen molar-refractivity contribution in [2.45, 2.75) is 38.6 Å². The molecule has 1 aliphatic rings. The summed E-state index contributed by atoms with van der Waals surface area (Å²) in [6.45, 7) is 3.78. The Bertz CT molecular complexity index is 1390. The van der Waals surface area contributed by atoms with E-state index in [2.05, 4.69) is 35.0 Å². The third-order valence-electron chi connectivity index (χ3n) is 5.66. The molecular weight excluding hydrogens is 489 g/mol.